The molecule has 0 saturated heterocycles. The molecule has 1 aromatic heterocycles. The summed E-state index contributed by atoms with van der Waals surface area (Å²) in [6, 6.07) is 22.4. The monoisotopic (exact) mass is 480 g/mol. The number of hydrogen-bond acceptors (Lipinski definition) is 5. The number of hydrogen-bond donors (Lipinski definition) is 1. The molecule has 0 saturated carbocycles. The number of carbonyl (C=O) groups excluding carboxylic acids is 2. The van der Waals surface area contributed by atoms with Crippen molar-refractivity contribution < 1.29 is 18.4 Å². The summed E-state index contributed by atoms with van der Waals surface area (Å²) >= 11 is 1.83. The van der Waals surface area contributed by atoms with Crippen LogP contribution in [0.2, 0.25) is 0 Å². The third-order valence-corrected chi connectivity index (χ3v) is 6.39. The summed E-state index contributed by atoms with van der Waals surface area (Å²) in [7, 11) is 0. The van der Waals surface area contributed by atoms with Gasteiger partial charge in [0.15, 0.2) is 10.9 Å². The van der Waals surface area contributed by atoms with Gasteiger partial charge >= 0.3 is 0 Å². The van der Waals surface area contributed by atoms with Crippen LogP contribution in [0.25, 0.3) is 0 Å². The van der Waals surface area contributed by atoms with E-state index in [-0.39, 0.29) is 11.3 Å². The largest absolute Gasteiger partial charge is 0.298 e. The van der Waals surface area contributed by atoms with Gasteiger partial charge in [-0.25, -0.2) is 4.98 Å². The molecule has 0 radical (unpaired) electrons. The van der Waals surface area contributed by atoms with Crippen molar-refractivity contribution in [2.75, 3.05) is 5.32 Å². The molecule has 33 heavy (non-hydrogen) atoms. The number of benzene rings is 3. The van der Waals surface area contributed by atoms with E-state index in [0.29, 0.717) is 39.3 Å². The molecule has 0 bridgehead atoms. The molecular formula is C25H18F2N2O2S2. The number of aromatic nitrogens is 1. The number of anilines is 1. The summed E-state index contributed by atoms with van der Waals surface area (Å²) in [5.74, 6) is -3.09. The summed E-state index contributed by atoms with van der Waals surface area (Å²) in [5, 5.41) is 3.19. The highest BCUT2D eigenvalue weighted by Gasteiger charge is 2.19. The van der Waals surface area contributed by atoms with Gasteiger partial charge in [0.25, 0.3) is 11.7 Å². The molecule has 1 amide bonds. The van der Waals surface area contributed by atoms with Gasteiger partial charge in [-0.1, -0.05) is 72.4 Å². The molecule has 0 aliphatic heterocycles. The maximum atomic E-state index is 12.9. The Balaban J connectivity index is 1.45. The summed E-state index contributed by atoms with van der Waals surface area (Å²) in [5.41, 5.74) is 2.05. The zero-order chi connectivity index (χ0) is 23.2. The molecule has 0 spiro atoms. The smallest absolute Gasteiger partial charge is 0.288 e. The molecule has 1 heterocycles. The molecule has 166 valence electrons. The molecule has 8 heteroatoms. The number of alkyl halides is 2. The van der Waals surface area contributed by atoms with Gasteiger partial charge in [0.05, 0.1) is 5.56 Å². The lowest BCUT2D eigenvalue weighted by atomic mass is 9.98. The quantitative estimate of drug-likeness (QED) is 0.230. The van der Waals surface area contributed by atoms with Gasteiger partial charge in [0, 0.05) is 33.5 Å². The van der Waals surface area contributed by atoms with Crippen molar-refractivity contribution in [2.45, 2.75) is 17.1 Å². The number of nitrogens with one attached hydrogen (secondary N) is 1. The van der Waals surface area contributed by atoms with Gasteiger partial charge in [0.2, 0.25) is 0 Å². The standard InChI is InChI=1S/C25H18F2N2O2S2/c26-24(27)32-18-12-10-16(11-13-18)14-19-15-28-25(33-19)29-23(31)21-9-5-4-8-20(21)22(30)17-6-2-1-3-7-17/h1-13,15,24H,14H2,(H,28,29,31). The van der Waals surface area contributed by atoms with Crippen LogP contribution in [0.1, 0.15) is 36.7 Å². The maximum absolute atomic E-state index is 12.9. The zero-order valence-electron chi connectivity index (χ0n) is 17.2. The number of carbonyl (C=O) groups is 2. The Hall–Kier alpha value is -3.36. The van der Waals surface area contributed by atoms with Crippen molar-refractivity contribution in [2.24, 2.45) is 0 Å². The molecule has 0 aliphatic rings. The number of rotatable bonds is 8. The molecule has 4 rings (SSSR count). The predicted molar refractivity (Wildman–Crippen MR) is 127 cm³/mol. The first-order chi connectivity index (χ1) is 16.0. The summed E-state index contributed by atoms with van der Waals surface area (Å²) in [6.45, 7) is 0. The fourth-order valence-electron chi connectivity index (χ4n) is 3.23. The van der Waals surface area contributed by atoms with Gasteiger partial charge in [-0.3, -0.25) is 14.9 Å². The van der Waals surface area contributed by atoms with E-state index in [1.807, 2.05) is 6.07 Å². The van der Waals surface area contributed by atoms with Gasteiger partial charge in [-0.15, -0.1) is 11.3 Å². The van der Waals surface area contributed by atoms with E-state index in [2.05, 4.69) is 10.3 Å². The number of ketones is 1. The fraction of sp³-hybridized carbons (Fsp3) is 0.0800. The van der Waals surface area contributed by atoms with Crippen molar-refractivity contribution in [1.82, 2.24) is 4.98 Å². The van der Waals surface area contributed by atoms with Crippen LogP contribution in [0, 0.1) is 0 Å². The van der Waals surface area contributed by atoms with E-state index in [0.717, 1.165) is 10.4 Å². The second kappa shape index (κ2) is 10.5. The van der Waals surface area contributed by atoms with E-state index in [1.54, 1.807) is 79.0 Å². The normalized spacial score (nSPS) is 10.9. The lowest BCUT2D eigenvalue weighted by Crippen LogP contribution is -2.16. The van der Waals surface area contributed by atoms with Crippen molar-refractivity contribution in [3.8, 4) is 0 Å². The summed E-state index contributed by atoms with van der Waals surface area (Å²) in [6.07, 6.45) is 2.24. The minimum absolute atomic E-state index is 0.227. The number of nitrogens with zero attached hydrogens (tertiary/aromatic N) is 1. The Morgan fingerprint density at radius 2 is 1.58 bits per heavy atom. The minimum atomic E-state index is -2.45. The summed E-state index contributed by atoms with van der Waals surface area (Å²) in [4.78, 5) is 31.5. The van der Waals surface area contributed by atoms with Crippen LogP contribution in [0.15, 0.2) is 90.0 Å². The lowest BCUT2D eigenvalue weighted by Gasteiger charge is -2.08. The second-order valence-corrected chi connectivity index (χ2v) is 9.20. The predicted octanol–water partition coefficient (Wildman–Crippen LogP) is 6.53. The first-order valence-corrected chi connectivity index (χ1v) is 11.7. The molecule has 4 aromatic rings. The lowest BCUT2D eigenvalue weighted by molar-refractivity contribution is 0.0996. The SMILES string of the molecule is O=C(Nc1ncc(Cc2ccc(SC(F)F)cc2)s1)c1ccccc1C(=O)c1ccccc1. The maximum Gasteiger partial charge on any atom is 0.288 e. The Morgan fingerprint density at radius 1 is 0.909 bits per heavy atom. The van der Waals surface area contributed by atoms with Crippen LogP contribution >= 0.6 is 23.1 Å². The van der Waals surface area contributed by atoms with Gasteiger partial charge in [-0.05, 0) is 23.8 Å². The topological polar surface area (TPSA) is 59.1 Å². The summed E-state index contributed by atoms with van der Waals surface area (Å²) < 4.78 is 24.9. The molecule has 0 atom stereocenters. The van der Waals surface area contributed by atoms with E-state index in [9.17, 15) is 18.4 Å². The van der Waals surface area contributed by atoms with Crippen molar-refractivity contribution in [3.63, 3.8) is 0 Å². The highest BCUT2D eigenvalue weighted by atomic mass is 32.2. The van der Waals surface area contributed by atoms with Crippen LogP contribution in [0.4, 0.5) is 13.9 Å². The number of thiazole rings is 1. The van der Waals surface area contributed by atoms with Crippen LogP contribution in [-0.2, 0) is 6.42 Å². The Morgan fingerprint density at radius 3 is 2.27 bits per heavy atom. The molecule has 0 aliphatic carbocycles. The Kier molecular flexibility index (Phi) is 7.26. The zero-order valence-corrected chi connectivity index (χ0v) is 18.8. The highest BCUT2D eigenvalue weighted by Crippen LogP contribution is 2.27. The number of amides is 1. The number of halogens is 2. The first kappa shape index (κ1) is 22.8. The van der Waals surface area contributed by atoms with Crippen molar-refractivity contribution in [3.05, 3.63) is 112 Å². The van der Waals surface area contributed by atoms with E-state index in [4.69, 9.17) is 0 Å². The molecule has 4 nitrogen and oxygen atoms in total. The highest BCUT2D eigenvalue weighted by molar-refractivity contribution is 7.99. The van der Waals surface area contributed by atoms with E-state index in [1.165, 1.54) is 11.3 Å². The Bertz CT molecular complexity index is 1260. The molecule has 0 unspecified atom stereocenters. The Labute approximate surface area is 197 Å². The number of thioether (sulfide) groups is 1. The van der Waals surface area contributed by atoms with Crippen LogP contribution < -0.4 is 5.32 Å². The second-order valence-electron chi connectivity index (χ2n) is 7.03. The van der Waals surface area contributed by atoms with Gasteiger partial charge < -0.3 is 0 Å². The average molecular weight is 481 g/mol. The van der Waals surface area contributed by atoms with Crippen LogP contribution in [-0.4, -0.2) is 22.4 Å². The average Bonchev–Trinajstić information content (AvgIpc) is 3.26. The fourth-order valence-corrected chi connectivity index (χ4v) is 4.57. The van der Waals surface area contributed by atoms with Crippen LogP contribution in [0.3, 0.4) is 0 Å². The molecule has 3 aromatic carbocycles. The van der Waals surface area contributed by atoms with Crippen molar-refractivity contribution in [1.29, 1.82) is 0 Å². The van der Waals surface area contributed by atoms with E-state index >= 15 is 0 Å². The van der Waals surface area contributed by atoms with Crippen LogP contribution in [0.5, 0.6) is 0 Å². The van der Waals surface area contributed by atoms with Crippen molar-refractivity contribution >= 4 is 39.9 Å². The van der Waals surface area contributed by atoms with Gasteiger partial charge in [-0.2, -0.15) is 8.78 Å². The first-order valence-electron chi connectivity index (χ1n) is 9.98. The minimum Gasteiger partial charge on any atom is -0.298 e. The van der Waals surface area contributed by atoms with E-state index < -0.39 is 11.7 Å². The van der Waals surface area contributed by atoms with Gasteiger partial charge in [0.1, 0.15) is 0 Å². The molecule has 0 fully saturated rings. The molecular weight excluding hydrogens is 462 g/mol. The third-order valence-electron chi connectivity index (χ3n) is 4.75. The third kappa shape index (κ3) is 5.91. The molecule has 1 N–H and O–H groups in total.